The molecule has 0 unspecified atom stereocenters. The fourth-order valence-corrected chi connectivity index (χ4v) is 1.92. The monoisotopic (exact) mass is 164 g/mol. The molecule has 0 aromatic carbocycles. The highest BCUT2D eigenvalue weighted by Crippen LogP contribution is 2.25. The van der Waals surface area contributed by atoms with Gasteiger partial charge in [0.15, 0.2) is 0 Å². The molecular weight excluding hydrogens is 156 g/mol. The molecule has 0 radical (unpaired) electrons. The first kappa shape index (κ1) is 6.61. The van der Waals surface area contributed by atoms with Crippen molar-refractivity contribution in [2.45, 2.75) is 6.92 Å². The van der Waals surface area contributed by atoms with Crippen LogP contribution in [-0.4, -0.2) is 4.98 Å². The van der Waals surface area contributed by atoms with Gasteiger partial charge >= 0.3 is 0 Å². The average molecular weight is 164 g/mol. The molecule has 0 saturated carbocycles. The molecule has 2 nitrogen and oxygen atoms in total. The van der Waals surface area contributed by atoms with Crippen molar-refractivity contribution in [3.05, 3.63) is 23.2 Å². The van der Waals surface area contributed by atoms with Crippen LogP contribution < -0.4 is 5.73 Å². The van der Waals surface area contributed by atoms with Crippen LogP contribution in [0.1, 0.15) is 5.69 Å². The molecule has 3 heteroatoms. The number of thiophene rings is 1. The van der Waals surface area contributed by atoms with Crippen LogP contribution in [0.3, 0.4) is 0 Å². The minimum absolute atomic E-state index is 0.648. The van der Waals surface area contributed by atoms with Gasteiger partial charge in [0.2, 0.25) is 0 Å². The number of anilines is 1. The van der Waals surface area contributed by atoms with Gasteiger partial charge in [-0.15, -0.1) is 11.3 Å². The standard InChI is InChI=1S/C8H8N2S/c1-5-4-6-2-3-11-7(6)8(9)10-5/h2-4H,1H3,(H2,9,10). The van der Waals surface area contributed by atoms with Crippen molar-refractivity contribution in [1.82, 2.24) is 4.98 Å². The molecule has 0 atom stereocenters. The van der Waals surface area contributed by atoms with Crippen LogP contribution in [0.5, 0.6) is 0 Å². The molecule has 0 saturated heterocycles. The summed E-state index contributed by atoms with van der Waals surface area (Å²) in [6.45, 7) is 1.95. The Hall–Kier alpha value is -1.09. The van der Waals surface area contributed by atoms with Gasteiger partial charge in [0.05, 0.1) is 4.70 Å². The summed E-state index contributed by atoms with van der Waals surface area (Å²) in [6.07, 6.45) is 0. The maximum atomic E-state index is 5.70. The fraction of sp³-hybridized carbons (Fsp3) is 0.125. The molecule has 56 valence electrons. The SMILES string of the molecule is Cc1cc2ccsc2c(N)n1. The van der Waals surface area contributed by atoms with Crippen molar-refractivity contribution in [2.75, 3.05) is 5.73 Å². The summed E-state index contributed by atoms with van der Waals surface area (Å²) in [7, 11) is 0. The van der Waals surface area contributed by atoms with Crippen molar-refractivity contribution in [3.63, 3.8) is 0 Å². The van der Waals surface area contributed by atoms with Gasteiger partial charge in [0.1, 0.15) is 5.82 Å². The second kappa shape index (κ2) is 2.20. The number of hydrogen-bond donors (Lipinski definition) is 1. The Morgan fingerprint density at radius 2 is 2.36 bits per heavy atom. The number of nitrogens with two attached hydrogens (primary N) is 1. The maximum Gasteiger partial charge on any atom is 0.141 e. The third-order valence-corrected chi connectivity index (χ3v) is 2.54. The largest absolute Gasteiger partial charge is 0.382 e. The normalized spacial score (nSPS) is 10.6. The Morgan fingerprint density at radius 1 is 1.55 bits per heavy atom. The van der Waals surface area contributed by atoms with E-state index in [2.05, 4.69) is 11.1 Å². The van der Waals surface area contributed by atoms with E-state index in [9.17, 15) is 0 Å². The molecule has 0 aliphatic rings. The van der Waals surface area contributed by atoms with Gasteiger partial charge in [0.25, 0.3) is 0 Å². The highest BCUT2D eigenvalue weighted by molar-refractivity contribution is 7.17. The zero-order valence-corrected chi connectivity index (χ0v) is 6.98. The van der Waals surface area contributed by atoms with Gasteiger partial charge < -0.3 is 5.73 Å². The van der Waals surface area contributed by atoms with Gasteiger partial charge in [-0.2, -0.15) is 0 Å². The highest BCUT2D eigenvalue weighted by Gasteiger charge is 2.00. The number of aromatic nitrogens is 1. The van der Waals surface area contributed by atoms with Crippen molar-refractivity contribution >= 4 is 27.2 Å². The number of nitrogen functional groups attached to an aromatic ring is 1. The molecule has 2 aromatic heterocycles. The van der Waals surface area contributed by atoms with E-state index < -0.39 is 0 Å². The first-order chi connectivity index (χ1) is 5.27. The second-order valence-electron chi connectivity index (χ2n) is 2.49. The fourth-order valence-electron chi connectivity index (χ4n) is 1.14. The van der Waals surface area contributed by atoms with E-state index >= 15 is 0 Å². The number of aryl methyl sites for hydroxylation is 1. The first-order valence-corrected chi connectivity index (χ1v) is 4.25. The maximum absolute atomic E-state index is 5.70. The molecule has 2 rings (SSSR count). The Kier molecular flexibility index (Phi) is 1.32. The topological polar surface area (TPSA) is 38.9 Å². The average Bonchev–Trinajstić information content (AvgIpc) is 2.34. The van der Waals surface area contributed by atoms with Gasteiger partial charge in [-0.25, -0.2) is 4.98 Å². The lowest BCUT2D eigenvalue weighted by Crippen LogP contribution is -1.91. The van der Waals surface area contributed by atoms with Crippen LogP contribution in [-0.2, 0) is 0 Å². The number of pyridine rings is 1. The summed E-state index contributed by atoms with van der Waals surface area (Å²) in [5, 5.41) is 3.22. The predicted molar refractivity (Wildman–Crippen MR) is 48.8 cm³/mol. The summed E-state index contributed by atoms with van der Waals surface area (Å²) in [5.41, 5.74) is 6.68. The minimum atomic E-state index is 0.648. The number of hydrogen-bond acceptors (Lipinski definition) is 3. The van der Waals surface area contributed by atoms with Crippen molar-refractivity contribution in [2.24, 2.45) is 0 Å². The predicted octanol–water partition coefficient (Wildman–Crippen LogP) is 2.19. The lowest BCUT2D eigenvalue weighted by atomic mass is 10.3. The van der Waals surface area contributed by atoms with E-state index in [0.717, 1.165) is 10.4 Å². The van der Waals surface area contributed by atoms with Gasteiger partial charge in [-0.05, 0) is 29.8 Å². The molecule has 2 N–H and O–H groups in total. The van der Waals surface area contributed by atoms with Crippen molar-refractivity contribution in [1.29, 1.82) is 0 Å². The number of nitrogens with zero attached hydrogens (tertiary/aromatic N) is 1. The lowest BCUT2D eigenvalue weighted by Gasteiger charge is -1.96. The van der Waals surface area contributed by atoms with E-state index in [4.69, 9.17) is 5.73 Å². The van der Waals surface area contributed by atoms with Crippen molar-refractivity contribution < 1.29 is 0 Å². The van der Waals surface area contributed by atoms with Crippen LogP contribution in [0.25, 0.3) is 10.1 Å². The van der Waals surface area contributed by atoms with Crippen LogP contribution in [0.2, 0.25) is 0 Å². The van der Waals surface area contributed by atoms with Gasteiger partial charge in [0, 0.05) is 5.69 Å². The molecule has 0 spiro atoms. The Morgan fingerprint density at radius 3 is 3.18 bits per heavy atom. The zero-order valence-electron chi connectivity index (χ0n) is 6.16. The second-order valence-corrected chi connectivity index (χ2v) is 3.40. The summed E-state index contributed by atoms with van der Waals surface area (Å²) >= 11 is 1.64. The first-order valence-electron chi connectivity index (χ1n) is 3.38. The van der Waals surface area contributed by atoms with Crippen LogP contribution in [0.4, 0.5) is 5.82 Å². The van der Waals surface area contributed by atoms with Gasteiger partial charge in [-0.1, -0.05) is 0 Å². The molecule has 2 aromatic rings. The summed E-state index contributed by atoms with van der Waals surface area (Å²) < 4.78 is 1.09. The van der Waals surface area contributed by atoms with E-state index in [1.807, 2.05) is 18.4 Å². The quantitative estimate of drug-likeness (QED) is 0.648. The van der Waals surface area contributed by atoms with Crippen LogP contribution in [0.15, 0.2) is 17.5 Å². The van der Waals surface area contributed by atoms with Gasteiger partial charge in [-0.3, -0.25) is 0 Å². The molecule has 0 bridgehead atoms. The molecule has 0 amide bonds. The Balaban J connectivity index is 2.91. The smallest absolute Gasteiger partial charge is 0.141 e. The number of fused-ring (bicyclic) bond motifs is 1. The third kappa shape index (κ3) is 0.973. The Bertz CT molecular complexity index is 392. The molecule has 0 aliphatic heterocycles. The summed E-state index contributed by atoms with van der Waals surface area (Å²) in [6, 6.07) is 4.10. The molecular formula is C8H8N2S. The lowest BCUT2D eigenvalue weighted by molar-refractivity contribution is 1.24. The van der Waals surface area contributed by atoms with E-state index in [-0.39, 0.29) is 0 Å². The molecule has 11 heavy (non-hydrogen) atoms. The minimum Gasteiger partial charge on any atom is -0.382 e. The van der Waals surface area contributed by atoms with E-state index in [0.29, 0.717) is 5.82 Å². The summed E-state index contributed by atoms with van der Waals surface area (Å²) in [5.74, 6) is 0.648. The van der Waals surface area contributed by atoms with E-state index in [1.54, 1.807) is 11.3 Å². The zero-order chi connectivity index (χ0) is 7.84. The third-order valence-electron chi connectivity index (χ3n) is 1.59. The Labute approximate surface area is 68.7 Å². The van der Waals surface area contributed by atoms with E-state index in [1.165, 1.54) is 5.39 Å². The van der Waals surface area contributed by atoms with Crippen LogP contribution in [0, 0.1) is 6.92 Å². The molecule has 2 heterocycles. The van der Waals surface area contributed by atoms with Crippen molar-refractivity contribution in [3.8, 4) is 0 Å². The molecule has 0 aliphatic carbocycles. The number of rotatable bonds is 0. The summed E-state index contributed by atoms with van der Waals surface area (Å²) in [4.78, 5) is 4.16. The van der Waals surface area contributed by atoms with Crippen LogP contribution >= 0.6 is 11.3 Å². The highest BCUT2D eigenvalue weighted by atomic mass is 32.1. The molecule has 0 fully saturated rings.